The van der Waals surface area contributed by atoms with Crippen LogP contribution in [0.4, 0.5) is 10.6 Å². The standard InChI is InChI=1S/C23H30N4O3.CH4/c1-2-11-24-21-15-20(8-12-25-21)22(28)26-16-18-9-13-27(14-10-18)23(29)30-17-19-6-4-3-5-7-19;/h3-8,12,15,18H,2,9-11,13-14,16-17H2,1H3,(H,24,25)(H,26,28);1H4. The van der Waals surface area contributed by atoms with E-state index in [4.69, 9.17) is 4.74 Å². The molecule has 2 N–H and O–H groups in total. The van der Waals surface area contributed by atoms with Crippen LogP contribution in [0.3, 0.4) is 0 Å². The Labute approximate surface area is 185 Å². The molecule has 0 atom stereocenters. The largest absolute Gasteiger partial charge is 0.445 e. The van der Waals surface area contributed by atoms with Crippen molar-refractivity contribution >= 4 is 17.8 Å². The molecular formula is C24H34N4O3. The van der Waals surface area contributed by atoms with Gasteiger partial charge in [0.15, 0.2) is 0 Å². The van der Waals surface area contributed by atoms with Gasteiger partial charge in [-0.05, 0) is 42.9 Å². The van der Waals surface area contributed by atoms with Gasteiger partial charge in [0.25, 0.3) is 5.91 Å². The molecule has 2 aromatic rings. The van der Waals surface area contributed by atoms with Gasteiger partial charge in [0.2, 0.25) is 0 Å². The van der Waals surface area contributed by atoms with Gasteiger partial charge in [-0.15, -0.1) is 0 Å². The quantitative estimate of drug-likeness (QED) is 0.657. The Balaban J connectivity index is 0.00000341. The van der Waals surface area contributed by atoms with Gasteiger partial charge in [-0.25, -0.2) is 9.78 Å². The first-order chi connectivity index (χ1) is 14.7. The first-order valence-electron chi connectivity index (χ1n) is 10.6. The van der Waals surface area contributed by atoms with Crippen molar-refractivity contribution < 1.29 is 14.3 Å². The molecule has 168 valence electrons. The minimum absolute atomic E-state index is 0. The molecule has 1 saturated heterocycles. The van der Waals surface area contributed by atoms with Crippen LogP contribution in [-0.4, -0.2) is 48.1 Å². The van der Waals surface area contributed by atoms with E-state index in [9.17, 15) is 9.59 Å². The molecule has 0 spiro atoms. The molecule has 1 fully saturated rings. The average Bonchev–Trinajstić information content (AvgIpc) is 2.81. The molecule has 0 unspecified atom stereocenters. The molecule has 1 aromatic heterocycles. The SMILES string of the molecule is C.CCCNc1cc(C(=O)NCC2CCN(C(=O)OCc3ccccc3)CC2)ccn1. The second kappa shape index (κ2) is 12.6. The minimum Gasteiger partial charge on any atom is -0.445 e. The molecule has 2 heterocycles. The maximum Gasteiger partial charge on any atom is 0.410 e. The fourth-order valence-corrected chi connectivity index (χ4v) is 3.39. The maximum absolute atomic E-state index is 12.5. The van der Waals surface area contributed by atoms with Gasteiger partial charge >= 0.3 is 6.09 Å². The van der Waals surface area contributed by atoms with Crippen LogP contribution < -0.4 is 10.6 Å². The van der Waals surface area contributed by atoms with Crippen molar-refractivity contribution in [2.75, 3.05) is 31.5 Å². The summed E-state index contributed by atoms with van der Waals surface area (Å²) in [6.45, 7) is 5.09. The molecule has 7 nitrogen and oxygen atoms in total. The summed E-state index contributed by atoms with van der Waals surface area (Å²) < 4.78 is 5.40. The summed E-state index contributed by atoms with van der Waals surface area (Å²) in [5, 5.41) is 6.20. The van der Waals surface area contributed by atoms with Crippen molar-refractivity contribution in [2.24, 2.45) is 5.92 Å². The highest BCUT2D eigenvalue weighted by Crippen LogP contribution is 2.18. The number of anilines is 1. The molecule has 1 aliphatic heterocycles. The van der Waals surface area contributed by atoms with Crippen LogP contribution in [-0.2, 0) is 11.3 Å². The summed E-state index contributed by atoms with van der Waals surface area (Å²) in [5.41, 5.74) is 1.58. The van der Waals surface area contributed by atoms with Crippen LogP contribution in [0, 0.1) is 5.92 Å². The summed E-state index contributed by atoms with van der Waals surface area (Å²) in [7, 11) is 0. The van der Waals surface area contributed by atoms with E-state index < -0.39 is 0 Å². The molecule has 0 radical (unpaired) electrons. The number of pyridine rings is 1. The number of carbonyl (C=O) groups is 2. The zero-order valence-electron chi connectivity index (χ0n) is 17.5. The van der Waals surface area contributed by atoms with Crippen molar-refractivity contribution in [1.29, 1.82) is 0 Å². The van der Waals surface area contributed by atoms with Gasteiger partial charge < -0.3 is 20.3 Å². The second-order valence-electron chi connectivity index (χ2n) is 7.54. The fraction of sp³-hybridized carbons (Fsp3) is 0.458. The Hall–Kier alpha value is -3.09. The number of ether oxygens (including phenoxy) is 1. The Kier molecular flexibility index (Phi) is 9.81. The molecule has 3 rings (SSSR count). The summed E-state index contributed by atoms with van der Waals surface area (Å²) in [5.74, 6) is 0.972. The van der Waals surface area contributed by atoms with Gasteiger partial charge in [-0.3, -0.25) is 4.79 Å². The van der Waals surface area contributed by atoms with Gasteiger partial charge in [0.05, 0.1) is 0 Å². The predicted octanol–water partition coefficient (Wildman–Crippen LogP) is 4.32. The summed E-state index contributed by atoms with van der Waals surface area (Å²) in [4.78, 5) is 30.7. The zero-order valence-corrected chi connectivity index (χ0v) is 17.5. The third kappa shape index (κ3) is 7.59. The minimum atomic E-state index is -0.273. The van der Waals surface area contributed by atoms with Crippen LogP contribution >= 0.6 is 0 Å². The number of aromatic nitrogens is 1. The molecule has 1 aliphatic rings. The van der Waals surface area contributed by atoms with Gasteiger partial charge in [-0.1, -0.05) is 44.7 Å². The van der Waals surface area contributed by atoms with Crippen molar-refractivity contribution in [3.8, 4) is 0 Å². The Bertz CT molecular complexity index is 821. The third-order valence-electron chi connectivity index (χ3n) is 5.21. The van der Waals surface area contributed by atoms with Gasteiger partial charge in [-0.2, -0.15) is 0 Å². The van der Waals surface area contributed by atoms with Gasteiger partial charge in [0.1, 0.15) is 12.4 Å². The molecule has 2 amide bonds. The Morgan fingerprint density at radius 1 is 1.16 bits per heavy atom. The summed E-state index contributed by atoms with van der Waals surface area (Å²) in [6.07, 6.45) is 4.06. The van der Waals surface area contributed by atoms with Crippen LogP contribution in [0.5, 0.6) is 0 Å². The van der Waals surface area contributed by atoms with Crippen molar-refractivity contribution in [3.63, 3.8) is 0 Å². The monoisotopic (exact) mass is 426 g/mol. The van der Waals surface area contributed by atoms with E-state index in [1.807, 2.05) is 30.3 Å². The van der Waals surface area contributed by atoms with E-state index >= 15 is 0 Å². The summed E-state index contributed by atoms with van der Waals surface area (Å²) in [6, 6.07) is 13.2. The highest BCUT2D eigenvalue weighted by atomic mass is 16.6. The smallest absolute Gasteiger partial charge is 0.410 e. The number of rotatable bonds is 8. The fourth-order valence-electron chi connectivity index (χ4n) is 3.39. The molecule has 31 heavy (non-hydrogen) atoms. The lowest BCUT2D eigenvalue weighted by Crippen LogP contribution is -2.41. The van der Waals surface area contributed by atoms with Crippen molar-refractivity contribution in [3.05, 3.63) is 59.8 Å². The second-order valence-corrected chi connectivity index (χ2v) is 7.54. The zero-order chi connectivity index (χ0) is 21.2. The molecule has 1 aromatic carbocycles. The third-order valence-corrected chi connectivity index (χ3v) is 5.21. The number of benzene rings is 1. The number of hydrogen-bond acceptors (Lipinski definition) is 5. The maximum atomic E-state index is 12.5. The summed E-state index contributed by atoms with van der Waals surface area (Å²) >= 11 is 0. The van der Waals surface area contributed by atoms with Crippen LogP contribution in [0.2, 0.25) is 0 Å². The van der Waals surface area contributed by atoms with E-state index in [0.717, 1.165) is 31.4 Å². The lowest BCUT2D eigenvalue weighted by molar-refractivity contribution is 0.0801. The molecule has 0 aliphatic carbocycles. The topological polar surface area (TPSA) is 83.6 Å². The Morgan fingerprint density at radius 2 is 1.90 bits per heavy atom. The number of hydrogen-bond donors (Lipinski definition) is 2. The van der Waals surface area contributed by atoms with E-state index in [-0.39, 0.29) is 26.0 Å². The number of amides is 2. The first kappa shape index (κ1) is 24.2. The average molecular weight is 427 g/mol. The highest BCUT2D eigenvalue weighted by Gasteiger charge is 2.24. The van der Waals surface area contributed by atoms with Crippen LogP contribution in [0.25, 0.3) is 0 Å². The van der Waals surface area contributed by atoms with Crippen molar-refractivity contribution in [2.45, 2.75) is 40.2 Å². The van der Waals surface area contributed by atoms with Crippen molar-refractivity contribution in [1.82, 2.24) is 15.2 Å². The lowest BCUT2D eigenvalue weighted by atomic mass is 9.97. The first-order valence-corrected chi connectivity index (χ1v) is 10.6. The number of piperidine rings is 1. The predicted molar refractivity (Wildman–Crippen MR) is 123 cm³/mol. The highest BCUT2D eigenvalue weighted by molar-refractivity contribution is 5.94. The normalized spacial score (nSPS) is 13.8. The van der Waals surface area contributed by atoms with Crippen LogP contribution in [0.1, 0.15) is 49.5 Å². The van der Waals surface area contributed by atoms with E-state index in [2.05, 4.69) is 22.5 Å². The number of carbonyl (C=O) groups excluding carboxylic acids is 2. The van der Waals surface area contributed by atoms with E-state index in [0.29, 0.717) is 36.9 Å². The van der Waals surface area contributed by atoms with E-state index in [1.54, 1.807) is 23.2 Å². The number of nitrogens with zero attached hydrogens (tertiary/aromatic N) is 2. The number of likely N-dealkylation sites (tertiary alicyclic amines) is 1. The molecular weight excluding hydrogens is 392 g/mol. The Morgan fingerprint density at radius 3 is 2.61 bits per heavy atom. The van der Waals surface area contributed by atoms with Gasteiger partial charge in [0, 0.05) is 37.9 Å². The molecule has 0 saturated carbocycles. The number of nitrogens with one attached hydrogen (secondary N) is 2. The molecule has 0 bridgehead atoms. The molecule has 7 heteroatoms. The van der Waals surface area contributed by atoms with E-state index in [1.165, 1.54) is 0 Å². The lowest BCUT2D eigenvalue weighted by Gasteiger charge is -2.31. The van der Waals surface area contributed by atoms with Crippen LogP contribution in [0.15, 0.2) is 48.7 Å².